The maximum Gasteiger partial charge on any atom is 0.118 e. The van der Waals surface area contributed by atoms with E-state index < -0.39 is 0 Å². The van der Waals surface area contributed by atoms with E-state index in [0.29, 0.717) is 0 Å². The molecule has 0 saturated heterocycles. The summed E-state index contributed by atoms with van der Waals surface area (Å²) in [5.74, 6) is 0.876. The first kappa shape index (κ1) is 20.5. The minimum absolute atomic E-state index is 0.876. The number of hydrogen-bond donors (Lipinski definition) is 0. The van der Waals surface area contributed by atoms with Crippen molar-refractivity contribution in [1.82, 2.24) is 0 Å². The lowest BCUT2D eigenvalue weighted by atomic mass is 10.1. The lowest BCUT2D eigenvalue weighted by Crippen LogP contribution is -2.21. The van der Waals surface area contributed by atoms with Crippen LogP contribution in [0.5, 0.6) is 5.75 Å². The Morgan fingerprint density at radius 2 is 0.931 bits per heavy atom. The molecule has 0 unspecified atom stereocenters. The molecular weight excluding hydrogens is 354 g/mol. The largest absolute Gasteiger partial charge is 0.497 e. The van der Waals surface area contributed by atoms with Crippen molar-refractivity contribution in [3.63, 3.8) is 0 Å². The van der Waals surface area contributed by atoms with E-state index in [4.69, 9.17) is 4.74 Å². The highest BCUT2D eigenvalue weighted by Crippen LogP contribution is 2.18. The number of ether oxygens (including phenoxy) is 1. The minimum Gasteiger partial charge on any atom is -0.497 e. The minimum atomic E-state index is 0.876. The average molecular weight is 384 g/mol. The summed E-state index contributed by atoms with van der Waals surface area (Å²) in [6.07, 6.45) is 8.56. The number of hydrogen-bond acceptors (Lipinski definition) is 2. The fourth-order valence-corrected chi connectivity index (χ4v) is 3.20. The third-order valence-corrected chi connectivity index (χ3v) is 5.01. The Hall–Kier alpha value is -3.26. The summed E-state index contributed by atoms with van der Waals surface area (Å²) in [6.45, 7) is 6.44. The Kier molecular flexibility index (Phi) is 7.29. The van der Waals surface area contributed by atoms with Gasteiger partial charge in [0, 0.05) is 18.8 Å². The molecule has 0 aliphatic rings. The Balaban J connectivity index is 1.61. The van der Waals surface area contributed by atoms with Crippen LogP contribution in [0.2, 0.25) is 0 Å². The third-order valence-electron chi connectivity index (χ3n) is 5.01. The van der Waals surface area contributed by atoms with Crippen molar-refractivity contribution in [2.45, 2.75) is 13.8 Å². The molecule has 3 rings (SSSR count). The lowest BCUT2D eigenvalue weighted by molar-refractivity contribution is 0.415. The SMILES string of the molecule is CCN(CC)c1ccc(/C=C/c2ccc(/C=C/c3ccc(OC)cc3)cc2)cc1. The summed E-state index contributed by atoms with van der Waals surface area (Å²) in [6, 6.07) is 25.4. The molecule has 0 atom stereocenters. The van der Waals surface area contributed by atoms with Gasteiger partial charge in [-0.15, -0.1) is 0 Å². The normalized spacial score (nSPS) is 11.3. The summed E-state index contributed by atoms with van der Waals surface area (Å²) >= 11 is 0. The Labute approximate surface area is 174 Å². The topological polar surface area (TPSA) is 12.5 Å². The van der Waals surface area contributed by atoms with Gasteiger partial charge in [-0.1, -0.05) is 72.8 Å². The molecule has 0 aliphatic carbocycles. The molecule has 0 N–H and O–H groups in total. The lowest BCUT2D eigenvalue weighted by Gasteiger charge is -2.20. The van der Waals surface area contributed by atoms with E-state index in [0.717, 1.165) is 24.4 Å². The quantitative estimate of drug-likeness (QED) is 0.393. The highest BCUT2D eigenvalue weighted by Gasteiger charge is 2.00. The van der Waals surface area contributed by atoms with Gasteiger partial charge in [-0.3, -0.25) is 0 Å². The van der Waals surface area contributed by atoms with E-state index in [2.05, 4.69) is 104 Å². The molecule has 0 radical (unpaired) electrons. The molecule has 3 aromatic rings. The van der Waals surface area contributed by atoms with Crippen molar-refractivity contribution in [3.8, 4) is 5.75 Å². The Morgan fingerprint density at radius 1 is 0.586 bits per heavy atom. The first-order valence-corrected chi connectivity index (χ1v) is 10.2. The molecule has 3 aromatic carbocycles. The van der Waals surface area contributed by atoms with E-state index in [1.54, 1.807) is 7.11 Å². The molecule has 0 aromatic heterocycles. The van der Waals surface area contributed by atoms with Crippen molar-refractivity contribution < 1.29 is 4.74 Å². The maximum atomic E-state index is 5.19. The van der Waals surface area contributed by atoms with Crippen LogP contribution in [0.4, 0.5) is 5.69 Å². The zero-order valence-electron chi connectivity index (χ0n) is 17.5. The molecule has 0 aliphatic heterocycles. The number of methoxy groups -OCH3 is 1. The van der Waals surface area contributed by atoms with Crippen LogP contribution in [0.1, 0.15) is 36.1 Å². The number of benzene rings is 3. The average Bonchev–Trinajstić information content (AvgIpc) is 2.79. The van der Waals surface area contributed by atoms with Crippen molar-refractivity contribution in [2.75, 3.05) is 25.1 Å². The molecule has 2 heteroatoms. The summed E-state index contributed by atoms with van der Waals surface area (Å²) in [5, 5.41) is 0. The summed E-state index contributed by atoms with van der Waals surface area (Å²) in [4.78, 5) is 2.35. The zero-order chi connectivity index (χ0) is 20.5. The van der Waals surface area contributed by atoms with Gasteiger partial charge < -0.3 is 9.64 Å². The molecule has 0 amide bonds. The molecule has 0 heterocycles. The van der Waals surface area contributed by atoms with Crippen LogP contribution in [-0.4, -0.2) is 20.2 Å². The van der Waals surface area contributed by atoms with Gasteiger partial charge in [0.25, 0.3) is 0 Å². The van der Waals surface area contributed by atoms with E-state index in [1.165, 1.54) is 22.4 Å². The monoisotopic (exact) mass is 383 g/mol. The van der Waals surface area contributed by atoms with Crippen molar-refractivity contribution >= 4 is 30.0 Å². The first-order chi connectivity index (χ1) is 14.2. The predicted molar refractivity (Wildman–Crippen MR) is 127 cm³/mol. The van der Waals surface area contributed by atoms with Gasteiger partial charge in [-0.2, -0.15) is 0 Å². The van der Waals surface area contributed by atoms with Gasteiger partial charge in [0.1, 0.15) is 5.75 Å². The van der Waals surface area contributed by atoms with E-state index in [1.807, 2.05) is 12.1 Å². The third kappa shape index (κ3) is 5.86. The summed E-state index contributed by atoms with van der Waals surface area (Å²) in [5.41, 5.74) is 6.02. The van der Waals surface area contributed by atoms with Crippen molar-refractivity contribution in [1.29, 1.82) is 0 Å². The maximum absolute atomic E-state index is 5.19. The van der Waals surface area contributed by atoms with Crippen molar-refractivity contribution in [3.05, 3.63) is 95.1 Å². The Bertz CT molecular complexity index is 931. The molecule has 29 heavy (non-hydrogen) atoms. The first-order valence-electron chi connectivity index (χ1n) is 10.2. The number of rotatable bonds is 8. The number of nitrogens with zero attached hydrogens (tertiary/aromatic N) is 1. The molecule has 0 fully saturated rings. The summed E-state index contributed by atoms with van der Waals surface area (Å²) in [7, 11) is 1.68. The summed E-state index contributed by atoms with van der Waals surface area (Å²) < 4.78 is 5.19. The highest BCUT2D eigenvalue weighted by atomic mass is 16.5. The van der Waals surface area contributed by atoms with Crippen LogP contribution < -0.4 is 9.64 Å². The smallest absolute Gasteiger partial charge is 0.118 e. The predicted octanol–water partition coefficient (Wildman–Crippen LogP) is 6.88. The standard InChI is InChI=1S/C27H29NO/c1-4-28(5-2)26-18-14-24(15-19-26)12-10-22-6-8-23(9-7-22)11-13-25-16-20-27(29-3)21-17-25/h6-21H,4-5H2,1-3H3/b12-10+,13-11+. The van der Waals surface area contributed by atoms with E-state index in [9.17, 15) is 0 Å². The second kappa shape index (κ2) is 10.3. The van der Waals surface area contributed by atoms with Crippen LogP contribution in [0.3, 0.4) is 0 Å². The second-order valence-corrected chi connectivity index (χ2v) is 6.87. The van der Waals surface area contributed by atoms with Gasteiger partial charge in [0.05, 0.1) is 7.11 Å². The fraction of sp³-hybridized carbons (Fsp3) is 0.185. The van der Waals surface area contributed by atoms with Crippen LogP contribution in [0.25, 0.3) is 24.3 Å². The van der Waals surface area contributed by atoms with Gasteiger partial charge in [-0.25, -0.2) is 0 Å². The second-order valence-electron chi connectivity index (χ2n) is 6.87. The van der Waals surface area contributed by atoms with Crippen LogP contribution in [-0.2, 0) is 0 Å². The van der Waals surface area contributed by atoms with Gasteiger partial charge >= 0.3 is 0 Å². The van der Waals surface area contributed by atoms with Crippen LogP contribution >= 0.6 is 0 Å². The van der Waals surface area contributed by atoms with Crippen LogP contribution in [0, 0.1) is 0 Å². The zero-order valence-corrected chi connectivity index (χ0v) is 17.5. The molecule has 0 saturated carbocycles. The number of anilines is 1. The van der Waals surface area contributed by atoms with Crippen molar-refractivity contribution in [2.24, 2.45) is 0 Å². The highest BCUT2D eigenvalue weighted by molar-refractivity contribution is 5.73. The fourth-order valence-electron chi connectivity index (χ4n) is 3.20. The van der Waals surface area contributed by atoms with Gasteiger partial charge in [0.15, 0.2) is 0 Å². The van der Waals surface area contributed by atoms with E-state index in [-0.39, 0.29) is 0 Å². The van der Waals surface area contributed by atoms with Gasteiger partial charge in [0.2, 0.25) is 0 Å². The van der Waals surface area contributed by atoms with Crippen LogP contribution in [0.15, 0.2) is 72.8 Å². The molecule has 2 nitrogen and oxygen atoms in total. The molecule has 0 bridgehead atoms. The van der Waals surface area contributed by atoms with Gasteiger partial charge in [-0.05, 0) is 60.4 Å². The molecular formula is C27H29NO. The molecule has 0 spiro atoms. The molecule has 148 valence electrons. The Morgan fingerprint density at radius 3 is 1.28 bits per heavy atom. The van der Waals surface area contributed by atoms with E-state index >= 15 is 0 Å².